The van der Waals surface area contributed by atoms with E-state index in [-0.39, 0.29) is 47.6 Å². The van der Waals surface area contributed by atoms with Gasteiger partial charge in [-0.25, -0.2) is 4.79 Å². The zero-order valence-electron chi connectivity index (χ0n) is 32.7. The number of alkyl carbamates (subject to hydrolysis) is 1. The lowest BCUT2D eigenvalue weighted by molar-refractivity contribution is -0.249. The van der Waals surface area contributed by atoms with Gasteiger partial charge in [-0.2, -0.15) is 0 Å². The van der Waals surface area contributed by atoms with Gasteiger partial charge in [0, 0.05) is 42.5 Å². The van der Waals surface area contributed by atoms with E-state index >= 15 is 0 Å². The van der Waals surface area contributed by atoms with Crippen LogP contribution in [0.5, 0.6) is 17.2 Å². The van der Waals surface area contributed by atoms with Crippen LogP contribution >= 0.6 is 0 Å². The van der Waals surface area contributed by atoms with Gasteiger partial charge in [0.15, 0.2) is 17.9 Å². The van der Waals surface area contributed by atoms with Gasteiger partial charge in [-0.3, -0.25) is 24.0 Å². The Labute approximate surface area is 343 Å². The maximum absolute atomic E-state index is 14.0. The predicted octanol–water partition coefficient (Wildman–Crippen LogP) is 1.08. The number of carbonyl (C=O) groups excluding carboxylic acids is 6. The van der Waals surface area contributed by atoms with Crippen LogP contribution in [0.2, 0.25) is 0 Å². The molecule has 7 atom stereocenters. The molecule has 318 valence electrons. The monoisotopic (exact) mass is 831 g/mol. The summed E-state index contributed by atoms with van der Waals surface area (Å²) in [6, 6.07) is 11.3. The van der Waals surface area contributed by atoms with Crippen molar-refractivity contribution in [3.05, 3.63) is 87.5 Å². The Balaban J connectivity index is 1.09. The standard InChI is InChI=1S/C42H45N3O15/c1-20-35(49)24(44-40(54)25-11-7-13-45(25)29(48)17-43-41(55)58-19-21-8-4-3-5-9-21)14-30(59-20)60-27-16-42(56,28(47)18-46)15-23-32(27)39(53)34-33(37(23)51)36(50)22-10-6-12-26(57-2)31(22)38(34)52/h3-6,8-10,12,20,24-25,27,30,35,46,49,51,53,56H,7,11,13-19H2,1-2H3,(H,43,55)(H,44,54)/t20?,24?,25-,27-,30?,35?,42-/m0/s1. The molecule has 2 aliphatic carbocycles. The summed E-state index contributed by atoms with van der Waals surface area (Å²) in [6.45, 7) is 0.205. The first-order valence-electron chi connectivity index (χ1n) is 19.4. The normalized spacial score (nSPS) is 25.7. The number of phenolic OH excluding ortho intramolecular Hbond substituents is 2. The molecule has 0 aromatic heterocycles. The third-order valence-electron chi connectivity index (χ3n) is 11.6. The largest absolute Gasteiger partial charge is 0.507 e. The molecule has 2 aliphatic heterocycles. The molecule has 2 saturated heterocycles. The van der Waals surface area contributed by atoms with Crippen molar-refractivity contribution in [1.82, 2.24) is 15.5 Å². The topological polar surface area (TPSA) is 268 Å². The average Bonchev–Trinajstić information content (AvgIpc) is 3.74. The van der Waals surface area contributed by atoms with E-state index in [4.69, 9.17) is 18.9 Å². The number of amides is 3. The van der Waals surface area contributed by atoms with E-state index in [0.29, 0.717) is 12.8 Å². The van der Waals surface area contributed by atoms with Crippen molar-refractivity contribution >= 4 is 35.3 Å². The number of aliphatic hydroxyl groups excluding tert-OH is 2. The van der Waals surface area contributed by atoms with Crippen molar-refractivity contribution in [3.63, 3.8) is 0 Å². The minimum absolute atomic E-state index is 0.00195. The fraction of sp³-hybridized carbons (Fsp3) is 0.429. The highest BCUT2D eigenvalue weighted by molar-refractivity contribution is 6.31. The molecule has 18 nitrogen and oxygen atoms in total. The van der Waals surface area contributed by atoms with Gasteiger partial charge in [-0.15, -0.1) is 0 Å². The van der Waals surface area contributed by atoms with E-state index in [9.17, 15) is 54.3 Å². The fourth-order valence-electron chi connectivity index (χ4n) is 8.50. The van der Waals surface area contributed by atoms with Crippen LogP contribution in [0.4, 0.5) is 4.79 Å². The van der Waals surface area contributed by atoms with Gasteiger partial charge in [0.1, 0.15) is 54.8 Å². The van der Waals surface area contributed by atoms with Gasteiger partial charge in [0.05, 0.1) is 42.0 Å². The number of nitrogens with one attached hydrogen (secondary N) is 2. The number of Topliss-reactive ketones (excluding diaryl/α,β-unsaturated/α-hetero) is 1. The Morgan fingerprint density at radius 1 is 0.983 bits per heavy atom. The summed E-state index contributed by atoms with van der Waals surface area (Å²) < 4.78 is 22.7. The Kier molecular flexibility index (Phi) is 11.9. The minimum Gasteiger partial charge on any atom is -0.507 e. The lowest BCUT2D eigenvalue weighted by Gasteiger charge is -2.43. The third-order valence-corrected chi connectivity index (χ3v) is 11.6. The van der Waals surface area contributed by atoms with Crippen LogP contribution in [-0.4, -0.2) is 129 Å². The van der Waals surface area contributed by atoms with Gasteiger partial charge in [-0.05, 0) is 31.4 Å². The highest BCUT2D eigenvalue weighted by Crippen LogP contribution is 2.52. The SMILES string of the molecule is COc1cccc2c1C(=O)c1c(O)c3c(c(O)c1C2=O)C[C@@](O)(C(=O)CO)C[C@@H]3OC1CC(NC(=O)[C@@H]2CCCN2C(=O)CNC(=O)OCc2ccccc2)C(O)C(C)O1. The van der Waals surface area contributed by atoms with Crippen LogP contribution in [0.25, 0.3) is 0 Å². The number of hydrogen-bond acceptors (Lipinski definition) is 15. The summed E-state index contributed by atoms with van der Waals surface area (Å²) in [4.78, 5) is 81.2. The van der Waals surface area contributed by atoms with Crippen molar-refractivity contribution in [3.8, 4) is 17.2 Å². The summed E-state index contributed by atoms with van der Waals surface area (Å²) in [7, 11) is 1.30. The number of rotatable bonds is 11. The maximum Gasteiger partial charge on any atom is 0.407 e. The Hall–Kier alpha value is -5.92. The first-order chi connectivity index (χ1) is 28.7. The number of hydrogen-bond donors (Lipinski definition) is 7. The van der Waals surface area contributed by atoms with E-state index in [1.165, 1.54) is 37.1 Å². The van der Waals surface area contributed by atoms with Gasteiger partial charge < -0.3 is 60.0 Å². The molecule has 0 saturated carbocycles. The van der Waals surface area contributed by atoms with Crippen molar-refractivity contribution in [2.24, 2.45) is 0 Å². The zero-order valence-corrected chi connectivity index (χ0v) is 32.7. The number of ketones is 3. The second-order valence-corrected chi connectivity index (χ2v) is 15.3. The second kappa shape index (κ2) is 17.0. The molecule has 60 heavy (non-hydrogen) atoms. The van der Waals surface area contributed by atoms with Crippen molar-refractivity contribution in [1.29, 1.82) is 0 Å². The van der Waals surface area contributed by atoms with Gasteiger partial charge in [-0.1, -0.05) is 42.5 Å². The number of likely N-dealkylation sites (tertiary alicyclic amines) is 1. The number of ether oxygens (including phenoxy) is 4. The van der Waals surface area contributed by atoms with Crippen LogP contribution < -0.4 is 15.4 Å². The van der Waals surface area contributed by atoms with Crippen molar-refractivity contribution in [2.45, 2.75) is 87.9 Å². The van der Waals surface area contributed by atoms with Crippen LogP contribution in [0.1, 0.15) is 87.2 Å². The minimum atomic E-state index is -2.38. The summed E-state index contributed by atoms with van der Waals surface area (Å²) >= 11 is 0. The van der Waals surface area contributed by atoms with Crippen molar-refractivity contribution in [2.75, 3.05) is 26.8 Å². The van der Waals surface area contributed by atoms with E-state index < -0.39 is 126 Å². The van der Waals surface area contributed by atoms with Gasteiger partial charge in [0.2, 0.25) is 17.6 Å². The molecule has 0 radical (unpaired) electrons. The molecule has 2 heterocycles. The number of carbonyl (C=O) groups is 6. The molecule has 3 aromatic carbocycles. The predicted molar refractivity (Wildman–Crippen MR) is 205 cm³/mol. The number of benzene rings is 3. The van der Waals surface area contributed by atoms with Crippen LogP contribution in [0, 0.1) is 0 Å². The highest BCUT2D eigenvalue weighted by Gasteiger charge is 2.50. The molecular formula is C42H45N3O15. The molecule has 4 aliphatic rings. The number of fused-ring (bicyclic) bond motifs is 3. The van der Waals surface area contributed by atoms with Crippen LogP contribution in [0.3, 0.4) is 0 Å². The Morgan fingerprint density at radius 2 is 1.72 bits per heavy atom. The van der Waals surface area contributed by atoms with Crippen molar-refractivity contribution < 1.29 is 73.2 Å². The summed E-state index contributed by atoms with van der Waals surface area (Å²) in [5.74, 6) is -5.34. The van der Waals surface area contributed by atoms with Crippen LogP contribution in [-0.2, 0) is 41.6 Å². The third kappa shape index (κ3) is 7.79. The second-order valence-electron chi connectivity index (χ2n) is 15.3. The Morgan fingerprint density at radius 3 is 2.43 bits per heavy atom. The highest BCUT2D eigenvalue weighted by atomic mass is 16.7. The molecule has 18 heteroatoms. The van der Waals surface area contributed by atoms with E-state index in [1.807, 2.05) is 6.07 Å². The number of nitrogens with zero attached hydrogens (tertiary/aromatic N) is 1. The molecule has 3 aromatic rings. The average molecular weight is 832 g/mol. The number of methoxy groups -OCH3 is 1. The summed E-state index contributed by atoms with van der Waals surface area (Å²) in [5, 5.41) is 61.2. The lowest BCUT2D eigenvalue weighted by Crippen LogP contribution is -2.58. The first kappa shape index (κ1) is 42.2. The first-order valence-corrected chi connectivity index (χ1v) is 19.4. The molecular weight excluding hydrogens is 786 g/mol. The smallest absolute Gasteiger partial charge is 0.407 e. The summed E-state index contributed by atoms with van der Waals surface area (Å²) in [6.07, 6.45) is -6.64. The zero-order chi connectivity index (χ0) is 43.0. The van der Waals surface area contributed by atoms with E-state index in [0.717, 1.165) is 5.56 Å². The van der Waals surface area contributed by atoms with E-state index in [2.05, 4.69) is 10.6 Å². The number of aromatic hydroxyl groups is 2. The quantitative estimate of drug-likeness (QED) is 0.104. The summed E-state index contributed by atoms with van der Waals surface area (Å²) in [5.41, 5.74) is -3.48. The van der Waals surface area contributed by atoms with Crippen LogP contribution in [0.15, 0.2) is 48.5 Å². The number of aliphatic hydroxyl groups is 3. The molecule has 4 unspecified atom stereocenters. The van der Waals surface area contributed by atoms with Gasteiger partial charge in [0.25, 0.3) is 0 Å². The Bertz CT molecular complexity index is 2230. The van der Waals surface area contributed by atoms with Gasteiger partial charge >= 0.3 is 6.09 Å². The molecule has 0 spiro atoms. The van der Waals surface area contributed by atoms with E-state index in [1.54, 1.807) is 24.3 Å². The molecule has 3 amide bonds. The molecule has 7 N–H and O–H groups in total. The lowest BCUT2D eigenvalue weighted by atomic mass is 9.72. The maximum atomic E-state index is 14.0. The molecule has 7 rings (SSSR count). The molecule has 2 fully saturated rings. The number of phenols is 2. The molecule has 0 bridgehead atoms. The fourth-order valence-corrected chi connectivity index (χ4v) is 8.50.